The lowest BCUT2D eigenvalue weighted by Gasteiger charge is -2.42. The number of halogens is 4. The molecule has 0 aromatic heterocycles. The lowest BCUT2D eigenvalue weighted by Crippen LogP contribution is -2.48. The van der Waals surface area contributed by atoms with Crippen LogP contribution in [0.15, 0.2) is 36.4 Å². The van der Waals surface area contributed by atoms with Crippen molar-refractivity contribution in [3.8, 4) is 0 Å². The molecular weight excluding hydrogens is 504 g/mol. The van der Waals surface area contributed by atoms with Gasteiger partial charge in [-0.15, -0.1) is 0 Å². The number of rotatable bonds is 6. The third-order valence-corrected chi connectivity index (χ3v) is 6.97. The number of fused-ring (bicyclic) bond motifs is 1. The van der Waals surface area contributed by atoms with E-state index in [2.05, 4.69) is 5.32 Å². The fourth-order valence-corrected chi connectivity index (χ4v) is 5.00. The SMILES string of the molecule is CC(C)(C)OC(=O)N1CCC(COCCc2cc(C(F)(F)F)cc3c2NC(=O)C3)(c2ccc(F)cc2)CC1. The summed E-state index contributed by atoms with van der Waals surface area (Å²) in [6.07, 6.45) is -3.73. The number of benzene rings is 2. The van der Waals surface area contributed by atoms with Gasteiger partial charge in [0.1, 0.15) is 11.4 Å². The Morgan fingerprint density at radius 2 is 1.74 bits per heavy atom. The molecule has 1 fully saturated rings. The van der Waals surface area contributed by atoms with Crippen LogP contribution in [0.25, 0.3) is 0 Å². The van der Waals surface area contributed by atoms with Crippen LogP contribution in [0.5, 0.6) is 0 Å². The predicted octanol–water partition coefficient (Wildman–Crippen LogP) is 5.87. The van der Waals surface area contributed by atoms with E-state index in [1.54, 1.807) is 37.8 Å². The second-order valence-corrected chi connectivity index (χ2v) is 10.9. The van der Waals surface area contributed by atoms with Gasteiger partial charge in [-0.3, -0.25) is 4.79 Å². The first-order chi connectivity index (χ1) is 17.8. The van der Waals surface area contributed by atoms with Crippen molar-refractivity contribution < 1.29 is 36.6 Å². The van der Waals surface area contributed by atoms with Crippen molar-refractivity contribution in [2.45, 2.75) is 63.6 Å². The normalized spacial score (nSPS) is 17.2. The van der Waals surface area contributed by atoms with E-state index in [0.717, 1.165) is 17.7 Å². The Hall–Kier alpha value is -3.14. The summed E-state index contributed by atoms with van der Waals surface area (Å²) in [7, 11) is 0. The third-order valence-electron chi connectivity index (χ3n) is 6.97. The average Bonchev–Trinajstić information content (AvgIpc) is 3.21. The van der Waals surface area contributed by atoms with Gasteiger partial charge in [-0.2, -0.15) is 13.2 Å². The summed E-state index contributed by atoms with van der Waals surface area (Å²) in [6.45, 7) is 6.62. The lowest BCUT2D eigenvalue weighted by atomic mass is 9.73. The minimum atomic E-state index is -4.52. The largest absolute Gasteiger partial charge is 0.444 e. The molecule has 2 aromatic rings. The topological polar surface area (TPSA) is 67.9 Å². The number of likely N-dealkylation sites (tertiary alicyclic amines) is 1. The third kappa shape index (κ3) is 6.46. The fraction of sp³-hybridized carbons (Fsp3) is 0.500. The number of nitrogens with one attached hydrogen (secondary N) is 1. The zero-order chi connectivity index (χ0) is 27.7. The standard InChI is InChI=1S/C28H32F4N2O4/c1-26(2,3)38-25(36)34-11-9-27(10-12-34,20-4-6-22(29)7-5-20)17-37-13-8-18-14-21(28(30,31)32)15-19-16-23(35)33-24(18)19/h4-7,14-15H,8-13,16-17H2,1-3H3,(H,33,35). The molecule has 2 amide bonds. The fourth-order valence-electron chi connectivity index (χ4n) is 5.00. The molecular formula is C28H32F4N2O4. The highest BCUT2D eigenvalue weighted by Gasteiger charge is 2.39. The van der Waals surface area contributed by atoms with Crippen molar-refractivity contribution in [3.05, 3.63) is 64.5 Å². The Labute approximate surface area is 219 Å². The van der Waals surface area contributed by atoms with Gasteiger partial charge in [-0.05, 0) is 81.0 Å². The Kier molecular flexibility index (Phi) is 7.74. The summed E-state index contributed by atoms with van der Waals surface area (Å²) in [6, 6.07) is 8.24. The van der Waals surface area contributed by atoms with Crippen molar-refractivity contribution in [1.29, 1.82) is 0 Å². The van der Waals surface area contributed by atoms with E-state index in [4.69, 9.17) is 9.47 Å². The van der Waals surface area contributed by atoms with Gasteiger partial charge in [0.25, 0.3) is 0 Å². The van der Waals surface area contributed by atoms with Crippen LogP contribution in [-0.4, -0.2) is 48.8 Å². The second-order valence-electron chi connectivity index (χ2n) is 10.9. The number of piperidine rings is 1. The molecule has 0 unspecified atom stereocenters. The number of nitrogens with zero attached hydrogens (tertiary/aromatic N) is 1. The molecule has 2 aromatic carbocycles. The highest BCUT2D eigenvalue weighted by atomic mass is 19.4. The molecule has 0 bridgehead atoms. The van der Waals surface area contributed by atoms with Crippen LogP contribution in [0, 0.1) is 5.82 Å². The zero-order valence-corrected chi connectivity index (χ0v) is 21.7. The maximum atomic E-state index is 13.6. The van der Waals surface area contributed by atoms with E-state index < -0.39 is 28.8 Å². The van der Waals surface area contributed by atoms with Gasteiger partial charge in [-0.25, -0.2) is 9.18 Å². The van der Waals surface area contributed by atoms with Crippen molar-refractivity contribution in [2.24, 2.45) is 0 Å². The van der Waals surface area contributed by atoms with Gasteiger partial charge in [0.15, 0.2) is 0 Å². The van der Waals surface area contributed by atoms with E-state index >= 15 is 0 Å². The molecule has 0 saturated carbocycles. The van der Waals surface area contributed by atoms with E-state index in [1.807, 2.05) is 0 Å². The molecule has 10 heteroatoms. The Bertz CT molecular complexity index is 1180. The summed E-state index contributed by atoms with van der Waals surface area (Å²) in [4.78, 5) is 26.0. The first-order valence-electron chi connectivity index (χ1n) is 12.6. The van der Waals surface area contributed by atoms with Crippen molar-refractivity contribution in [3.63, 3.8) is 0 Å². The highest BCUT2D eigenvalue weighted by molar-refractivity contribution is 6.00. The Balaban J connectivity index is 1.46. The molecule has 38 heavy (non-hydrogen) atoms. The number of carbonyl (C=O) groups excluding carboxylic acids is 2. The van der Waals surface area contributed by atoms with Crippen LogP contribution in [0.4, 0.5) is 28.0 Å². The quantitative estimate of drug-likeness (QED) is 0.371. The zero-order valence-electron chi connectivity index (χ0n) is 21.7. The molecule has 6 nitrogen and oxygen atoms in total. The number of hydrogen-bond donors (Lipinski definition) is 1. The summed E-state index contributed by atoms with van der Waals surface area (Å²) < 4.78 is 65.4. The van der Waals surface area contributed by atoms with Gasteiger partial charge in [-0.1, -0.05) is 12.1 Å². The minimum absolute atomic E-state index is 0.0884. The molecule has 0 spiro atoms. The van der Waals surface area contributed by atoms with Crippen LogP contribution >= 0.6 is 0 Å². The van der Waals surface area contributed by atoms with Gasteiger partial charge < -0.3 is 19.7 Å². The molecule has 0 radical (unpaired) electrons. The molecule has 0 aliphatic carbocycles. The second kappa shape index (κ2) is 10.6. The molecule has 4 rings (SSSR count). The Morgan fingerprint density at radius 3 is 2.34 bits per heavy atom. The average molecular weight is 537 g/mol. The molecule has 1 saturated heterocycles. The monoisotopic (exact) mass is 536 g/mol. The first kappa shape index (κ1) is 27.9. The van der Waals surface area contributed by atoms with Gasteiger partial charge >= 0.3 is 12.3 Å². The number of alkyl halides is 3. The summed E-state index contributed by atoms with van der Waals surface area (Å²) in [5.74, 6) is -0.704. The van der Waals surface area contributed by atoms with E-state index in [-0.39, 0.29) is 37.8 Å². The van der Waals surface area contributed by atoms with E-state index in [9.17, 15) is 27.2 Å². The number of ether oxygens (including phenoxy) is 2. The minimum Gasteiger partial charge on any atom is -0.444 e. The molecule has 2 heterocycles. The van der Waals surface area contributed by atoms with Crippen LogP contribution in [0.3, 0.4) is 0 Å². The summed E-state index contributed by atoms with van der Waals surface area (Å²) >= 11 is 0. The Morgan fingerprint density at radius 1 is 1.08 bits per heavy atom. The molecule has 206 valence electrons. The predicted molar refractivity (Wildman–Crippen MR) is 133 cm³/mol. The maximum Gasteiger partial charge on any atom is 0.416 e. The summed E-state index contributed by atoms with van der Waals surface area (Å²) in [5.41, 5.74) is 0.0826. The molecule has 2 aliphatic heterocycles. The van der Waals surface area contributed by atoms with Gasteiger partial charge in [0, 0.05) is 24.2 Å². The van der Waals surface area contributed by atoms with Crippen LogP contribution in [-0.2, 0) is 38.7 Å². The van der Waals surface area contributed by atoms with Crippen LogP contribution in [0.2, 0.25) is 0 Å². The molecule has 1 N–H and O–H groups in total. The van der Waals surface area contributed by atoms with Crippen LogP contribution < -0.4 is 5.32 Å². The highest BCUT2D eigenvalue weighted by Crippen LogP contribution is 2.38. The van der Waals surface area contributed by atoms with Gasteiger partial charge in [0.05, 0.1) is 25.2 Å². The number of anilines is 1. The molecule has 0 atom stereocenters. The van der Waals surface area contributed by atoms with E-state index in [1.165, 1.54) is 12.1 Å². The van der Waals surface area contributed by atoms with Crippen molar-refractivity contribution in [2.75, 3.05) is 31.6 Å². The first-order valence-corrected chi connectivity index (χ1v) is 12.6. The summed E-state index contributed by atoms with van der Waals surface area (Å²) in [5, 5.41) is 2.66. The number of carbonyl (C=O) groups is 2. The van der Waals surface area contributed by atoms with Crippen LogP contribution in [0.1, 0.15) is 55.9 Å². The maximum absolute atomic E-state index is 13.6. The van der Waals surface area contributed by atoms with Gasteiger partial charge in [0.2, 0.25) is 5.91 Å². The van der Waals surface area contributed by atoms with Crippen molar-refractivity contribution in [1.82, 2.24) is 4.90 Å². The smallest absolute Gasteiger partial charge is 0.416 e. The number of amides is 2. The lowest BCUT2D eigenvalue weighted by molar-refractivity contribution is -0.137. The number of hydrogen-bond acceptors (Lipinski definition) is 4. The van der Waals surface area contributed by atoms with Crippen molar-refractivity contribution >= 4 is 17.7 Å². The van der Waals surface area contributed by atoms with E-state index in [0.29, 0.717) is 42.7 Å². The molecule has 2 aliphatic rings.